The summed E-state index contributed by atoms with van der Waals surface area (Å²) in [6.07, 6.45) is -3.20. The third-order valence-corrected chi connectivity index (χ3v) is 20.5. The highest BCUT2D eigenvalue weighted by Gasteiger charge is 2.54. The van der Waals surface area contributed by atoms with E-state index in [1.54, 1.807) is 192 Å². The molecule has 0 radical (unpaired) electrons. The number of aromatic nitrogens is 5. The molecule has 5 amide bonds. The molecule has 10 aromatic carbocycles. The third kappa shape index (κ3) is 16.1. The number of ether oxygens (including phenoxy) is 4. The van der Waals surface area contributed by atoms with Crippen LogP contribution < -0.4 is 21.7 Å². The van der Waals surface area contributed by atoms with Gasteiger partial charge >= 0.3 is 24.4 Å². The first-order chi connectivity index (χ1) is 58.6. The van der Waals surface area contributed by atoms with Gasteiger partial charge in [0.25, 0.3) is 17.7 Å². The second-order valence-corrected chi connectivity index (χ2v) is 34.7. The smallest absolute Gasteiger partial charge is 0.422 e. The molecule has 24 heteroatoms. The summed E-state index contributed by atoms with van der Waals surface area (Å²) in [7, 11) is 0. The number of fused-ring (bicyclic) bond motifs is 10. The highest BCUT2D eigenvalue weighted by atomic mass is 16.6. The van der Waals surface area contributed by atoms with Gasteiger partial charge in [-0.3, -0.25) is 33.6 Å². The molecule has 624 valence electrons. The lowest BCUT2D eigenvalue weighted by Crippen LogP contribution is -2.40. The molecule has 0 fully saturated rings. The van der Waals surface area contributed by atoms with E-state index in [1.807, 2.05) is 125 Å². The highest BCUT2D eigenvalue weighted by molar-refractivity contribution is 6.36. The Hall–Kier alpha value is -15.2. The van der Waals surface area contributed by atoms with E-state index in [0.29, 0.717) is 88.0 Å². The number of rotatable bonds is 4. The molecule has 0 aliphatic carbocycles. The monoisotopic (exact) mass is 1660 g/mol. The number of H-pyrrole nitrogens is 3. The third-order valence-electron chi connectivity index (χ3n) is 20.5. The number of imide groups is 2. The molecule has 15 aromatic rings. The van der Waals surface area contributed by atoms with E-state index in [1.165, 1.54) is 21.3 Å². The van der Waals surface area contributed by atoms with Gasteiger partial charge < -0.3 is 39.0 Å². The second-order valence-electron chi connectivity index (χ2n) is 34.7. The van der Waals surface area contributed by atoms with Crippen molar-refractivity contribution < 1.29 is 57.6 Å². The number of carbonyl (C=O) groups excluding carboxylic acids is 7. The maximum Gasteiger partial charge on any atom is 0.422 e. The first kappa shape index (κ1) is 83.8. The molecule has 0 spiro atoms. The van der Waals surface area contributed by atoms with Crippen molar-refractivity contribution in [3.63, 3.8) is 0 Å². The quantitative estimate of drug-likeness (QED) is 0.0939. The molecular weight excluding hydrogens is 1570 g/mol. The van der Waals surface area contributed by atoms with E-state index in [9.17, 15) is 57.8 Å². The Morgan fingerprint density at radius 3 is 0.992 bits per heavy atom. The largest absolute Gasteiger partial charge is 0.494 e. The SMILES string of the molecule is CC(C)(C)OC(=O)N1C(=O)C2=C(c3ccccc3)N(C(=O)OC(C)(C)C)C(=O)C2=C1c1ccccc1.Cc1ccc2[nH]c3cc4c(=O)c5cc(C)ccc5[nH]c4cc3c(=O)c2c1.Cc1ccc2c(c1)c(=O)c1cc3c(cc1n2C(=O)OC(C)(C)C)c(=O)c1cc(C)ccc1n3C(=O)OC(C)(C)C.O=C1N=C(c2ccccc2)c2c(O)[nH]c(-c3ccccc3)c21. The summed E-state index contributed by atoms with van der Waals surface area (Å²) in [4.78, 5) is 163. The molecule has 5 aromatic heterocycles. The fraction of sp³-hybridized carbons (Fsp3) is 0.200. The normalized spacial score (nSPS) is 13.5. The Morgan fingerprint density at radius 1 is 0.323 bits per heavy atom. The number of nitrogens with one attached hydrogen (secondary N) is 3. The molecule has 8 heterocycles. The number of aryl methyl sites for hydroxylation is 4. The Labute approximate surface area is 709 Å². The maximum absolute atomic E-state index is 13.9. The molecule has 4 N–H and O–H groups in total. The molecule has 0 unspecified atom stereocenters. The molecule has 3 aliphatic rings. The van der Waals surface area contributed by atoms with Crippen molar-refractivity contribution in [2.24, 2.45) is 4.99 Å². The zero-order valence-electron chi connectivity index (χ0n) is 71.1. The minimum atomic E-state index is -0.912. The maximum atomic E-state index is 13.9. The molecule has 3 aliphatic heterocycles. The summed E-state index contributed by atoms with van der Waals surface area (Å²) in [6, 6.07) is 64.6. The van der Waals surface area contributed by atoms with Crippen LogP contribution in [0.2, 0.25) is 0 Å². The van der Waals surface area contributed by atoms with Crippen molar-refractivity contribution in [3.8, 4) is 17.1 Å². The number of amides is 5. The van der Waals surface area contributed by atoms with E-state index in [-0.39, 0.29) is 77.8 Å². The number of hydrogen-bond donors (Lipinski definition) is 4. The van der Waals surface area contributed by atoms with E-state index in [4.69, 9.17) is 18.9 Å². The van der Waals surface area contributed by atoms with Gasteiger partial charge in [0.2, 0.25) is 0 Å². The number of pyridine rings is 4. The minimum absolute atomic E-state index is 0.0239. The number of aromatic hydroxyl groups is 1. The summed E-state index contributed by atoms with van der Waals surface area (Å²) in [5, 5.41) is 13.7. The fourth-order valence-corrected chi connectivity index (χ4v) is 15.4. The zero-order valence-corrected chi connectivity index (χ0v) is 71.1. The molecule has 0 bridgehead atoms. The van der Waals surface area contributed by atoms with Crippen LogP contribution in [0.1, 0.15) is 138 Å². The zero-order chi connectivity index (χ0) is 88.8. The van der Waals surface area contributed by atoms with Gasteiger partial charge in [0, 0.05) is 59.7 Å². The van der Waals surface area contributed by atoms with Gasteiger partial charge in [-0.25, -0.2) is 43.1 Å². The number of carbonyl (C=O) groups is 7. The summed E-state index contributed by atoms with van der Waals surface area (Å²) in [5.41, 5.74) is 8.33. The van der Waals surface area contributed by atoms with Gasteiger partial charge in [-0.1, -0.05) is 168 Å². The van der Waals surface area contributed by atoms with Crippen LogP contribution >= 0.6 is 0 Å². The first-order valence-electron chi connectivity index (χ1n) is 40.1. The molecule has 124 heavy (non-hydrogen) atoms. The van der Waals surface area contributed by atoms with Crippen LogP contribution in [0.4, 0.5) is 19.2 Å². The second kappa shape index (κ2) is 31.7. The molecule has 0 atom stereocenters. The average molecular weight is 1660 g/mol. The van der Waals surface area contributed by atoms with Crippen LogP contribution in [-0.2, 0) is 28.5 Å². The predicted molar refractivity (Wildman–Crippen MR) is 482 cm³/mol. The Morgan fingerprint density at radius 2 is 0.629 bits per heavy atom. The average Bonchev–Trinajstić information content (AvgIpc) is 1.43. The first-order valence-corrected chi connectivity index (χ1v) is 40.1. The van der Waals surface area contributed by atoms with E-state index >= 15 is 0 Å². The Balaban J connectivity index is 0.000000131. The standard InChI is InChI=1S/C32H32N2O6.C28H28N2O6.C22H16N2O2.C18H12N2O2/c1-17-9-11-23-19(13-17)27(35)21-15-26-22(16-25(21)33(23)29(37)39-31(3,4)5)28(36)20-14-18(2)10-12-24(20)34(26)30(38)40-32(6,7)8;1-27(2,3)35-25(33)29-21(17-13-9-7-10-14-17)19-20(23(29)31)22(18-15-11-8-12-16-18)30(24(19)32)26(34)36-28(4,5)6;1-11-3-5-17-13(7-11)21(25)15-9-20-16(10-19(15)23-17)22(26)14-8-12(2)4-6-18(14)24-20;21-17-13-14(16(20-17)12-9-5-2-6-10-12)18(22)19-15(13)11-7-3-1-4-8-11/h9-16H,1-8H3;7-16H,1-6H3;3-10H,1-2H3,(H,23,25)(H,24,26);1-10,19,22H. The van der Waals surface area contributed by atoms with Crippen LogP contribution in [0.5, 0.6) is 5.88 Å². The number of nitrogens with zero attached hydrogens (tertiary/aromatic N) is 5. The summed E-state index contributed by atoms with van der Waals surface area (Å²) >= 11 is 0. The van der Waals surface area contributed by atoms with E-state index < -0.39 is 58.6 Å². The number of aromatic amines is 3. The molecule has 0 saturated heterocycles. The van der Waals surface area contributed by atoms with E-state index in [0.717, 1.165) is 54.2 Å². The lowest BCUT2D eigenvalue weighted by molar-refractivity contribution is -0.123. The topological polar surface area (TPSA) is 321 Å². The van der Waals surface area contributed by atoms with Crippen molar-refractivity contribution in [1.29, 1.82) is 0 Å². The van der Waals surface area contributed by atoms with Gasteiger partial charge in [0.05, 0.1) is 78.2 Å². The fourth-order valence-electron chi connectivity index (χ4n) is 15.4. The van der Waals surface area contributed by atoms with Gasteiger partial charge in [0.15, 0.2) is 27.6 Å². The summed E-state index contributed by atoms with van der Waals surface area (Å²) < 4.78 is 25.1. The van der Waals surface area contributed by atoms with Crippen molar-refractivity contribution in [2.45, 2.75) is 133 Å². The van der Waals surface area contributed by atoms with Gasteiger partial charge in [-0.2, -0.15) is 0 Å². The van der Waals surface area contributed by atoms with Crippen molar-refractivity contribution in [1.82, 2.24) is 33.9 Å². The molecule has 24 nitrogen and oxygen atoms in total. The van der Waals surface area contributed by atoms with Crippen molar-refractivity contribution >= 4 is 146 Å². The molecule has 18 rings (SSSR count). The van der Waals surface area contributed by atoms with Gasteiger partial charge in [-0.15, -0.1) is 0 Å². The Bertz CT molecular complexity index is 7080. The van der Waals surface area contributed by atoms with Gasteiger partial charge in [-0.05, 0) is 200 Å². The summed E-state index contributed by atoms with van der Waals surface area (Å²) in [5.74, 6) is -1.86. The van der Waals surface area contributed by atoms with E-state index in [2.05, 4.69) is 19.9 Å². The van der Waals surface area contributed by atoms with Crippen LogP contribution in [0.15, 0.2) is 254 Å². The van der Waals surface area contributed by atoms with Crippen LogP contribution in [0.25, 0.3) is 110 Å². The summed E-state index contributed by atoms with van der Waals surface area (Å²) in [6.45, 7) is 28.3. The van der Waals surface area contributed by atoms with Crippen molar-refractivity contribution in [2.75, 3.05) is 0 Å². The Kier molecular flexibility index (Phi) is 21.5. The molecule has 0 saturated carbocycles. The van der Waals surface area contributed by atoms with Gasteiger partial charge in [0.1, 0.15) is 22.4 Å². The minimum Gasteiger partial charge on any atom is -0.494 e. The van der Waals surface area contributed by atoms with Crippen LogP contribution in [0.3, 0.4) is 0 Å². The number of aliphatic imine (C=N–C) groups is 1. The number of benzene rings is 10. The van der Waals surface area contributed by atoms with Crippen LogP contribution in [0, 0.1) is 27.7 Å². The van der Waals surface area contributed by atoms with Crippen molar-refractivity contribution in [3.05, 3.63) is 320 Å². The number of hydrogen-bond acceptors (Lipinski definition) is 16. The lowest BCUT2D eigenvalue weighted by atomic mass is 10.0. The highest BCUT2D eigenvalue weighted by Crippen LogP contribution is 2.48. The predicted octanol–water partition coefficient (Wildman–Crippen LogP) is 19.8. The lowest BCUT2D eigenvalue weighted by Gasteiger charge is -2.27. The van der Waals surface area contributed by atoms with Crippen LogP contribution in [-0.4, -0.2) is 109 Å². The molecular formula is C100H88N8O16.